The first-order valence-corrected chi connectivity index (χ1v) is 8.49. The SMILES string of the molecule is COc1csc(C(=O)N2CCCC(N3CCNCC3=O)C2)c1. The minimum absolute atomic E-state index is 0.0422. The fourth-order valence-corrected chi connectivity index (χ4v) is 3.92. The molecular weight excluding hydrogens is 302 g/mol. The van der Waals surface area contributed by atoms with Crippen molar-refractivity contribution in [3.63, 3.8) is 0 Å². The van der Waals surface area contributed by atoms with Gasteiger partial charge in [-0.2, -0.15) is 0 Å². The minimum Gasteiger partial charge on any atom is -0.496 e. The summed E-state index contributed by atoms with van der Waals surface area (Å²) in [6, 6.07) is 1.93. The average Bonchev–Trinajstić information content (AvgIpc) is 3.04. The Bertz CT molecular complexity index is 560. The van der Waals surface area contributed by atoms with Crippen LogP contribution in [0.1, 0.15) is 22.5 Å². The maximum atomic E-state index is 12.6. The van der Waals surface area contributed by atoms with Gasteiger partial charge in [0, 0.05) is 43.7 Å². The number of nitrogens with one attached hydrogen (secondary N) is 1. The first-order valence-electron chi connectivity index (χ1n) is 7.61. The van der Waals surface area contributed by atoms with Crippen LogP contribution in [0.3, 0.4) is 0 Å². The van der Waals surface area contributed by atoms with Gasteiger partial charge in [-0.3, -0.25) is 9.59 Å². The highest BCUT2D eigenvalue weighted by Gasteiger charge is 2.32. The van der Waals surface area contributed by atoms with Crippen LogP contribution in [0.15, 0.2) is 11.4 Å². The Morgan fingerprint density at radius 2 is 2.32 bits per heavy atom. The van der Waals surface area contributed by atoms with E-state index in [1.165, 1.54) is 11.3 Å². The van der Waals surface area contributed by atoms with Gasteiger partial charge in [0.2, 0.25) is 5.91 Å². The number of piperazine rings is 1. The van der Waals surface area contributed by atoms with Gasteiger partial charge in [-0.25, -0.2) is 0 Å². The lowest BCUT2D eigenvalue weighted by molar-refractivity contribution is -0.135. The molecule has 6 nitrogen and oxygen atoms in total. The highest BCUT2D eigenvalue weighted by molar-refractivity contribution is 7.12. The number of hydrogen-bond donors (Lipinski definition) is 1. The molecule has 22 heavy (non-hydrogen) atoms. The zero-order chi connectivity index (χ0) is 15.5. The largest absolute Gasteiger partial charge is 0.496 e. The van der Waals surface area contributed by atoms with Gasteiger partial charge in [0.25, 0.3) is 5.91 Å². The van der Waals surface area contributed by atoms with Crippen LogP contribution in [0.25, 0.3) is 0 Å². The standard InChI is InChI=1S/C15H21N3O3S/c1-21-12-7-13(22-10-12)15(20)17-5-2-3-11(9-17)18-6-4-16-8-14(18)19/h7,10-11,16H,2-6,8-9H2,1H3. The zero-order valence-electron chi connectivity index (χ0n) is 12.7. The second-order valence-electron chi connectivity index (χ2n) is 5.66. The second kappa shape index (κ2) is 6.66. The summed E-state index contributed by atoms with van der Waals surface area (Å²) in [5.74, 6) is 0.906. The summed E-state index contributed by atoms with van der Waals surface area (Å²) in [7, 11) is 1.60. The maximum Gasteiger partial charge on any atom is 0.264 e. The Morgan fingerprint density at radius 3 is 3.05 bits per heavy atom. The van der Waals surface area contributed by atoms with Crippen LogP contribution in [0.4, 0.5) is 0 Å². The molecule has 0 bridgehead atoms. The molecule has 0 aliphatic carbocycles. The number of amides is 2. The van der Waals surface area contributed by atoms with Gasteiger partial charge in [0.1, 0.15) is 5.75 Å². The van der Waals surface area contributed by atoms with E-state index in [-0.39, 0.29) is 17.9 Å². The van der Waals surface area contributed by atoms with Crippen molar-refractivity contribution in [2.24, 2.45) is 0 Å². The van der Waals surface area contributed by atoms with Crippen molar-refractivity contribution in [2.45, 2.75) is 18.9 Å². The summed E-state index contributed by atoms with van der Waals surface area (Å²) in [6.07, 6.45) is 1.92. The molecule has 2 saturated heterocycles. The third-order valence-corrected chi connectivity index (χ3v) is 5.17. The number of piperidine rings is 1. The highest BCUT2D eigenvalue weighted by atomic mass is 32.1. The van der Waals surface area contributed by atoms with Gasteiger partial charge in [0.05, 0.1) is 18.5 Å². The summed E-state index contributed by atoms with van der Waals surface area (Å²) in [5, 5.41) is 4.93. The fraction of sp³-hybridized carbons (Fsp3) is 0.600. The molecule has 0 spiro atoms. The number of thiophene rings is 1. The summed E-state index contributed by atoms with van der Waals surface area (Å²) >= 11 is 1.41. The third-order valence-electron chi connectivity index (χ3n) is 4.27. The number of methoxy groups -OCH3 is 1. The second-order valence-corrected chi connectivity index (χ2v) is 6.57. The molecule has 2 aliphatic heterocycles. The maximum absolute atomic E-state index is 12.6. The van der Waals surface area contributed by atoms with Gasteiger partial charge in [-0.05, 0) is 12.8 Å². The molecular formula is C15H21N3O3S. The smallest absolute Gasteiger partial charge is 0.264 e. The van der Waals surface area contributed by atoms with E-state index in [9.17, 15) is 9.59 Å². The molecule has 2 amide bonds. The fourth-order valence-electron chi connectivity index (χ4n) is 3.09. The molecule has 0 saturated carbocycles. The van der Waals surface area contributed by atoms with Crippen molar-refractivity contribution >= 4 is 23.2 Å². The topological polar surface area (TPSA) is 61.9 Å². The number of carbonyl (C=O) groups excluding carboxylic acids is 2. The van der Waals surface area contributed by atoms with Gasteiger partial charge in [0.15, 0.2) is 0 Å². The van der Waals surface area contributed by atoms with Gasteiger partial charge in [-0.15, -0.1) is 11.3 Å². The molecule has 1 unspecified atom stereocenters. The predicted molar refractivity (Wildman–Crippen MR) is 84.4 cm³/mol. The number of ether oxygens (including phenoxy) is 1. The minimum atomic E-state index is 0.0422. The number of likely N-dealkylation sites (tertiary alicyclic amines) is 1. The summed E-state index contributed by atoms with van der Waals surface area (Å²) in [6.45, 7) is 3.36. The molecule has 1 N–H and O–H groups in total. The van der Waals surface area contributed by atoms with Crippen molar-refractivity contribution in [3.8, 4) is 5.75 Å². The molecule has 2 fully saturated rings. The molecule has 120 valence electrons. The lowest BCUT2D eigenvalue weighted by atomic mass is 10.0. The quantitative estimate of drug-likeness (QED) is 0.893. The van der Waals surface area contributed by atoms with E-state index in [1.807, 2.05) is 15.2 Å². The number of nitrogens with zero attached hydrogens (tertiary/aromatic N) is 2. The van der Waals surface area contributed by atoms with Gasteiger partial charge < -0.3 is 19.9 Å². The van der Waals surface area contributed by atoms with E-state index in [0.29, 0.717) is 18.0 Å². The number of carbonyl (C=O) groups is 2. The van der Waals surface area contributed by atoms with E-state index >= 15 is 0 Å². The van der Waals surface area contributed by atoms with Crippen LogP contribution in [0.2, 0.25) is 0 Å². The third kappa shape index (κ3) is 3.10. The molecule has 3 heterocycles. The van der Waals surface area contributed by atoms with E-state index in [1.54, 1.807) is 13.2 Å². The van der Waals surface area contributed by atoms with Crippen molar-refractivity contribution < 1.29 is 14.3 Å². The monoisotopic (exact) mass is 323 g/mol. The first-order chi connectivity index (χ1) is 10.7. The van der Waals surface area contributed by atoms with Crippen LogP contribution >= 0.6 is 11.3 Å². The van der Waals surface area contributed by atoms with Gasteiger partial charge >= 0.3 is 0 Å². The lowest BCUT2D eigenvalue weighted by Gasteiger charge is -2.41. The Morgan fingerprint density at radius 1 is 1.45 bits per heavy atom. The van der Waals surface area contributed by atoms with Gasteiger partial charge in [-0.1, -0.05) is 0 Å². The summed E-state index contributed by atoms with van der Waals surface area (Å²) in [5.41, 5.74) is 0. The van der Waals surface area contributed by atoms with Crippen molar-refractivity contribution in [3.05, 3.63) is 16.3 Å². The van der Waals surface area contributed by atoms with Crippen LogP contribution < -0.4 is 10.1 Å². The van der Waals surface area contributed by atoms with Crippen LogP contribution in [0, 0.1) is 0 Å². The van der Waals surface area contributed by atoms with Crippen LogP contribution in [0.5, 0.6) is 5.75 Å². The Hall–Kier alpha value is -1.60. The van der Waals surface area contributed by atoms with Crippen LogP contribution in [-0.2, 0) is 4.79 Å². The number of rotatable bonds is 3. The molecule has 1 aromatic rings. The van der Waals surface area contributed by atoms with E-state index in [4.69, 9.17) is 4.74 Å². The molecule has 1 aromatic heterocycles. The lowest BCUT2D eigenvalue weighted by Crippen LogP contribution is -2.57. The molecule has 0 aromatic carbocycles. The van der Waals surface area contributed by atoms with Crippen molar-refractivity contribution in [1.82, 2.24) is 15.1 Å². The number of hydrogen-bond acceptors (Lipinski definition) is 5. The molecule has 3 rings (SSSR count). The summed E-state index contributed by atoms with van der Waals surface area (Å²) < 4.78 is 5.14. The van der Waals surface area contributed by atoms with Crippen molar-refractivity contribution in [2.75, 3.05) is 39.8 Å². The van der Waals surface area contributed by atoms with E-state index in [0.717, 1.165) is 38.2 Å². The highest BCUT2D eigenvalue weighted by Crippen LogP contribution is 2.25. The van der Waals surface area contributed by atoms with E-state index < -0.39 is 0 Å². The van der Waals surface area contributed by atoms with Crippen molar-refractivity contribution in [1.29, 1.82) is 0 Å². The normalized spacial score (nSPS) is 22.8. The molecule has 0 radical (unpaired) electrons. The Labute approximate surface area is 134 Å². The molecule has 1 atom stereocenters. The van der Waals surface area contributed by atoms with Crippen LogP contribution in [-0.4, -0.2) is 67.5 Å². The summed E-state index contributed by atoms with van der Waals surface area (Å²) in [4.78, 5) is 29.1. The zero-order valence-corrected chi connectivity index (χ0v) is 13.5. The first kappa shape index (κ1) is 15.3. The average molecular weight is 323 g/mol. The Kier molecular flexibility index (Phi) is 4.63. The predicted octanol–water partition coefficient (Wildman–Crippen LogP) is 0.793. The molecule has 7 heteroatoms. The van der Waals surface area contributed by atoms with E-state index in [2.05, 4.69) is 5.32 Å². The Balaban J connectivity index is 1.67. The molecule has 2 aliphatic rings.